The standard InChI is InChI=1S/C30H57O3PSi.BrH/c1-13-33-35(11,12)23-19-17-15-14-16-18-22-32-26-21-20-25(31)24-27(26)34(28(2,3)4,29(5,6)7)30(8,9)10;/h20-21,24H,13-19,22-23H2,1-12H3;1H. The smallest absolute Gasteiger partial charge is 0.186 e. The first-order chi connectivity index (χ1) is 15.9. The van der Waals surface area contributed by atoms with Gasteiger partial charge in [0.25, 0.3) is 0 Å². The zero-order valence-corrected chi connectivity index (χ0v) is 29.2. The lowest BCUT2D eigenvalue weighted by Crippen LogP contribution is -3.00. The van der Waals surface area contributed by atoms with Crippen molar-refractivity contribution in [3.05, 3.63) is 18.2 Å². The number of halogens is 1. The summed E-state index contributed by atoms with van der Waals surface area (Å²) in [6.07, 6.45) is 7.45. The van der Waals surface area contributed by atoms with Gasteiger partial charge in [0, 0.05) is 12.7 Å². The van der Waals surface area contributed by atoms with Crippen LogP contribution in [0.5, 0.6) is 11.5 Å². The molecule has 0 aliphatic rings. The predicted molar refractivity (Wildman–Crippen MR) is 161 cm³/mol. The van der Waals surface area contributed by atoms with Crippen molar-refractivity contribution in [2.24, 2.45) is 0 Å². The molecule has 0 unspecified atom stereocenters. The van der Waals surface area contributed by atoms with Crippen LogP contribution in [0.3, 0.4) is 0 Å². The van der Waals surface area contributed by atoms with E-state index in [1.165, 1.54) is 43.5 Å². The van der Waals surface area contributed by atoms with Crippen LogP contribution in [0.2, 0.25) is 19.1 Å². The number of phenols is 1. The van der Waals surface area contributed by atoms with Crippen molar-refractivity contribution < 1.29 is 31.3 Å². The summed E-state index contributed by atoms with van der Waals surface area (Å²) < 4.78 is 12.4. The molecule has 0 amide bonds. The topological polar surface area (TPSA) is 38.7 Å². The normalized spacial score (nSPS) is 13.4. The third-order valence-corrected chi connectivity index (χ3v) is 17.0. The summed E-state index contributed by atoms with van der Waals surface area (Å²) in [7, 11) is -3.27. The maximum Gasteiger partial charge on any atom is 0.186 e. The molecule has 0 aliphatic heterocycles. The first-order valence-corrected chi connectivity index (χ1v) is 18.8. The molecule has 36 heavy (non-hydrogen) atoms. The summed E-state index contributed by atoms with van der Waals surface area (Å²) in [4.78, 5) is 0. The van der Waals surface area contributed by atoms with Crippen molar-refractivity contribution in [3.63, 3.8) is 0 Å². The van der Waals surface area contributed by atoms with E-state index in [0.29, 0.717) is 5.75 Å². The van der Waals surface area contributed by atoms with Gasteiger partial charge in [-0.15, -0.1) is 0 Å². The van der Waals surface area contributed by atoms with Crippen LogP contribution in [-0.2, 0) is 4.43 Å². The van der Waals surface area contributed by atoms with Crippen molar-refractivity contribution >= 4 is 20.9 Å². The average Bonchev–Trinajstić information content (AvgIpc) is 2.65. The zero-order valence-electron chi connectivity index (χ0n) is 25.7. The fourth-order valence-electron chi connectivity index (χ4n) is 7.00. The van der Waals surface area contributed by atoms with Crippen LogP contribution in [0.1, 0.15) is 108 Å². The molecule has 1 aromatic carbocycles. The van der Waals surface area contributed by atoms with Crippen LogP contribution in [0, 0.1) is 0 Å². The summed E-state index contributed by atoms with van der Waals surface area (Å²) in [5.41, 5.74) is 0. The second kappa shape index (κ2) is 14.3. The number of unbranched alkanes of at least 4 members (excludes halogenated alkanes) is 5. The predicted octanol–water partition coefficient (Wildman–Crippen LogP) is 6.40. The van der Waals surface area contributed by atoms with Crippen molar-refractivity contribution in [1.82, 2.24) is 0 Å². The minimum Gasteiger partial charge on any atom is -1.00 e. The Bertz CT molecular complexity index is 740. The number of hydrogen-bond acceptors (Lipinski definition) is 3. The number of hydrogen-bond donors (Lipinski definition) is 1. The molecule has 1 aromatic rings. The summed E-state index contributed by atoms with van der Waals surface area (Å²) in [6, 6.07) is 7.08. The van der Waals surface area contributed by atoms with Gasteiger partial charge in [0.05, 0.1) is 29.3 Å². The van der Waals surface area contributed by atoms with Crippen LogP contribution in [0.15, 0.2) is 18.2 Å². The van der Waals surface area contributed by atoms with Gasteiger partial charge in [-0.2, -0.15) is 0 Å². The zero-order chi connectivity index (χ0) is 27.1. The fourth-order valence-corrected chi connectivity index (χ4v) is 18.0. The lowest BCUT2D eigenvalue weighted by molar-refractivity contribution is -0.0000113. The molecule has 0 aromatic heterocycles. The lowest BCUT2D eigenvalue weighted by Gasteiger charge is -2.54. The molecular formula is C30H58BrO3PSi. The van der Waals surface area contributed by atoms with E-state index in [1.807, 2.05) is 12.1 Å². The van der Waals surface area contributed by atoms with Gasteiger partial charge < -0.3 is 31.3 Å². The van der Waals surface area contributed by atoms with Gasteiger partial charge in [0.15, 0.2) is 14.1 Å². The second-order valence-corrected chi connectivity index (χ2v) is 23.9. The monoisotopic (exact) mass is 604 g/mol. The van der Waals surface area contributed by atoms with Crippen LogP contribution in [0.4, 0.5) is 0 Å². The highest BCUT2D eigenvalue weighted by atomic mass is 79.9. The van der Waals surface area contributed by atoms with E-state index in [1.54, 1.807) is 6.07 Å². The fraction of sp³-hybridized carbons (Fsp3) is 0.800. The van der Waals surface area contributed by atoms with Crippen molar-refractivity contribution in [3.8, 4) is 11.5 Å². The summed E-state index contributed by atoms with van der Waals surface area (Å²) >= 11 is 0. The van der Waals surface area contributed by atoms with Crippen LogP contribution in [-0.4, -0.2) is 42.1 Å². The average molecular weight is 606 g/mol. The molecule has 3 nitrogen and oxygen atoms in total. The first kappa shape index (κ1) is 35.9. The van der Waals surface area contributed by atoms with E-state index in [9.17, 15) is 5.11 Å². The molecule has 1 rings (SSSR count). The Kier molecular flexibility index (Phi) is 14.3. The van der Waals surface area contributed by atoms with E-state index < -0.39 is 15.6 Å². The lowest BCUT2D eigenvalue weighted by atomic mass is 10.1. The van der Waals surface area contributed by atoms with Crippen LogP contribution in [0.25, 0.3) is 0 Å². The second-order valence-electron chi connectivity index (χ2n) is 13.7. The van der Waals surface area contributed by atoms with E-state index >= 15 is 0 Å². The molecular weight excluding hydrogens is 547 g/mol. The summed E-state index contributed by atoms with van der Waals surface area (Å²) in [5.74, 6) is 1.31. The molecule has 0 saturated carbocycles. The van der Waals surface area contributed by atoms with E-state index in [2.05, 4.69) is 82.3 Å². The number of phenolic OH excluding ortho intramolecular Hbond substituents is 1. The number of rotatable bonds is 13. The Morgan fingerprint density at radius 2 is 1.25 bits per heavy atom. The van der Waals surface area contributed by atoms with Gasteiger partial charge in [-0.05, 0) is 107 Å². The molecule has 1 N–H and O–H groups in total. The van der Waals surface area contributed by atoms with Crippen molar-refractivity contribution in [2.45, 2.75) is 142 Å². The molecule has 0 radical (unpaired) electrons. The Morgan fingerprint density at radius 3 is 1.72 bits per heavy atom. The number of aromatic hydroxyl groups is 1. The van der Waals surface area contributed by atoms with Crippen molar-refractivity contribution in [2.75, 3.05) is 13.2 Å². The highest BCUT2D eigenvalue weighted by Gasteiger charge is 2.67. The molecule has 0 aliphatic carbocycles. The van der Waals surface area contributed by atoms with Crippen LogP contribution >= 0.6 is 7.26 Å². The SMILES string of the molecule is CCO[Si](C)(C)CCCCCCCCOc1ccc(O)cc1[P+](C(C)(C)C)(C(C)(C)C)C(C)(C)C.[Br-]. The van der Waals surface area contributed by atoms with Gasteiger partial charge in [-0.1, -0.05) is 32.1 Å². The van der Waals surface area contributed by atoms with Gasteiger partial charge in [-0.3, -0.25) is 0 Å². The van der Waals surface area contributed by atoms with Gasteiger partial charge >= 0.3 is 0 Å². The highest BCUT2D eigenvalue weighted by molar-refractivity contribution is 7.87. The Morgan fingerprint density at radius 1 is 0.778 bits per heavy atom. The molecule has 0 saturated heterocycles. The summed E-state index contributed by atoms with van der Waals surface area (Å²) in [6.45, 7) is 29.8. The Hall–Kier alpha value is -0.0931. The first-order valence-electron chi connectivity index (χ1n) is 13.9. The summed E-state index contributed by atoms with van der Waals surface area (Å²) in [5, 5.41) is 12.0. The number of benzene rings is 1. The van der Waals surface area contributed by atoms with E-state index in [0.717, 1.165) is 25.4 Å². The Balaban J connectivity index is 0.0000122. The molecule has 6 heteroatoms. The van der Waals surface area contributed by atoms with E-state index in [-0.39, 0.29) is 32.4 Å². The molecule has 0 fully saturated rings. The minimum atomic E-state index is -1.85. The molecule has 0 bridgehead atoms. The minimum absolute atomic E-state index is 0. The third-order valence-electron chi connectivity index (χ3n) is 7.29. The highest BCUT2D eigenvalue weighted by Crippen LogP contribution is 2.83. The quantitative estimate of drug-likeness (QED) is 0.161. The van der Waals surface area contributed by atoms with Crippen molar-refractivity contribution in [1.29, 1.82) is 0 Å². The largest absolute Gasteiger partial charge is 1.00 e. The maximum absolute atomic E-state index is 10.5. The van der Waals surface area contributed by atoms with Gasteiger partial charge in [0.2, 0.25) is 0 Å². The Labute approximate surface area is 236 Å². The van der Waals surface area contributed by atoms with E-state index in [4.69, 9.17) is 9.16 Å². The number of ether oxygens (including phenoxy) is 1. The molecule has 0 spiro atoms. The molecule has 0 heterocycles. The molecule has 0 atom stereocenters. The molecule has 212 valence electrons. The van der Waals surface area contributed by atoms with Gasteiger partial charge in [-0.25, -0.2) is 0 Å². The van der Waals surface area contributed by atoms with Gasteiger partial charge in [0.1, 0.15) is 11.1 Å². The third kappa shape index (κ3) is 9.28. The maximum atomic E-state index is 10.5. The van der Waals surface area contributed by atoms with Crippen LogP contribution < -0.4 is 27.0 Å².